The molecule has 0 aliphatic carbocycles. The van der Waals surface area contributed by atoms with Crippen LogP contribution in [0.3, 0.4) is 0 Å². The smallest absolute Gasteiger partial charge is 0.123 e. The third kappa shape index (κ3) is 3.33. The van der Waals surface area contributed by atoms with Crippen LogP contribution < -0.4 is 0 Å². The number of piperidine rings is 2. The topological polar surface area (TPSA) is 23.5 Å². The highest BCUT2D eigenvalue weighted by Gasteiger charge is 2.50. The molecule has 2 aliphatic rings. The predicted octanol–water partition coefficient (Wildman–Crippen LogP) is 5.49. The normalized spacial score (nSPS) is 35.0. The first-order valence-electron chi connectivity index (χ1n) is 9.83. The molecule has 2 nitrogen and oxygen atoms in total. The van der Waals surface area contributed by atoms with Gasteiger partial charge in [-0.15, -0.1) is 11.8 Å². The van der Waals surface area contributed by atoms with Gasteiger partial charge < -0.3 is 5.11 Å². The Morgan fingerprint density at radius 1 is 0.962 bits per heavy atom. The Hall–Kier alpha value is -1.29. The predicted molar refractivity (Wildman–Crippen MR) is 109 cm³/mol. The van der Waals surface area contributed by atoms with E-state index in [1.54, 1.807) is 0 Å². The van der Waals surface area contributed by atoms with Crippen molar-refractivity contribution in [2.45, 2.75) is 67.5 Å². The van der Waals surface area contributed by atoms with Gasteiger partial charge in [-0.2, -0.15) is 0 Å². The summed E-state index contributed by atoms with van der Waals surface area (Å²) >= 11 is 1.84. The number of aliphatic hydroxyl groups is 1. The van der Waals surface area contributed by atoms with Crippen LogP contribution in [0, 0.1) is 5.92 Å². The Kier molecular flexibility index (Phi) is 5.13. The first-order valence-corrected chi connectivity index (χ1v) is 10.6. The number of hydrogen-bond acceptors (Lipinski definition) is 3. The number of rotatable bonds is 3. The molecule has 2 aromatic carbocycles. The summed E-state index contributed by atoms with van der Waals surface area (Å²) in [5.41, 5.74) is 1.34. The quantitative estimate of drug-likeness (QED) is 0.776. The van der Waals surface area contributed by atoms with Crippen LogP contribution in [0.2, 0.25) is 0 Å². The molecule has 2 fully saturated rings. The molecule has 3 heteroatoms. The van der Waals surface area contributed by atoms with E-state index in [1.165, 1.54) is 16.9 Å². The van der Waals surface area contributed by atoms with Crippen molar-refractivity contribution in [2.75, 3.05) is 0 Å². The molecule has 0 spiro atoms. The van der Waals surface area contributed by atoms with Crippen LogP contribution in [0.4, 0.5) is 0 Å². The SMILES string of the molecule is C[C@@H]1CC[C@@H](c2ccccc2)N2[C@@H](O)[C@@](C)(Sc3ccccc3)CC[C@@H]12. The number of nitrogens with zero attached hydrogens (tertiary/aromatic N) is 1. The van der Waals surface area contributed by atoms with Gasteiger partial charge in [-0.1, -0.05) is 55.5 Å². The molecule has 0 saturated carbocycles. The van der Waals surface area contributed by atoms with Gasteiger partial charge in [0.25, 0.3) is 0 Å². The summed E-state index contributed by atoms with van der Waals surface area (Å²) in [5, 5.41) is 11.5. The van der Waals surface area contributed by atoms with Crippen LogP contribution in [0.25, 0.3) is 0 Å². The zero-order chi connectivity index (χ0) is 18.1. The van der Waals surface area contributed by atoms with Crippen LogP contribution in [-0.2, 0) is 0 Å². The van der Waals surface area contributed by atoms with Crippen LogP contribution >= 0.6 is 11.8 Å². The molecule has 0 amide bonds. The van der Waals surface area contributed by atoms with Crippen LogP contribution in [0.15, 0.2) is 65.6 Å². The van der Waals surface area contributed by atoms with Crippen LogP contribution in [0.1, 0.15) is 51.1 Å². The van der Waals surface area contributed by atoms with Gasteiger partial charge >= 0.3 is 0 Å². The summed E-state index contributed by atoms with van der Waals surface area (Å²) in [7, 11) is 0. The zero-order valence-corrected chi connectivity index (χ0v) is 16.5. The second-order valence-corrected chi connectivity index (χ2v) is 9.74. The summed E-state index contributed by atoms with van der Waals surface area (Å²) < 4.78 is -0.179. The van der Waals surface area contributed by atoms with E-state index < -0.39 is 6.23 Å². The van der Waals surface area contributed by atoms with Crippen molar-refractivity contribution >= 4 is 11.8 Å². The lowest BCUT2D eigenvalue weighted by atomic mass is 9.77. The van der Waals surface area contributed by atoms with Gasteiger partial charge in [-0.3, -0.25) is 4.90 Å². The molecule has 1 N–H and O–H groups in total. The molecule has 5 atom stereocenters. The molecule has 2 aliphatic heterocycles. The molecule has 2 aromatic rings. The Balaban J connectivity index is 1.64. The molecule has 0 radical (unpaired) electrons. The third-order valence-electron chi connectivity index (χ3n) is 6.34. The molecular weight excluding hydrogens is 338 g/mol. The minimum absolute atomic E-state index is 0.179. The lowest BCUT2D eigenvalue weighted by molar-refractivity contribution is -0.132. The Morgan fingerprint density at radius 2 is 1.62 bits per heavy atom. The van der Waals surface area contributed by atoms with Gasteiger partial charge in [0.05, 0.1) is 4.75 Å². The third-order valence-corrected chi connectivity index (χ3v) is 7.73. The first-order chi connectivity index (χ1) is 12.6. The van der Waals surface area contributed by atoms with E-state index in [0.717, 1.165) is 19.3 Å². The molecule has 138 valence electrons. The van der Waals surface area contributed by atoms with Gasteiger partial charge in [-0.05, 0) is 56.2 Å². The summed E-state index contributed by atoms with van der Waals surface area (Å²) in [4.78, 5) is 3.69. The molecule has 4 rings (SSSR count). The molecule has 0 bridgehead atoms. The monoisotopic (exact) mass is 367 g/mol. The maximum absolute atomic E-state index is 11.5. The number of aliphatic hydroxyl groups excluding tert-OH is 1. The summed E-state index contributed by atoms with van der Waals surface area (Å²) in [5.74, 6) is 0.649. The van der Waals surface area contributed by atoms with Crippen molar-refractivity contribution < 1.29 is 5.11 Å². The maximum Gasteiger partial charge on any atom is 0.123 e. The Labute approximate surface area is 161 Å². The fourth-order valence-electron chi connectivity index (χ4n) is 4.83. The van der Waals surface area contributed by atoms with E-state index in [1.807, 2.05) is 11.8 Å². The molecule has 0 aromatic heterocycles. The van der Waals surface area contributed by atoms with E-state index in [9.17, 15) is 5.11 Å². The molecule has 0 unspecified atom stereocenters. The fraction of sp³-hybridized carbons (Fsp3) is 0.478. The maximum atomic E-state index is 11.5. The van der Waals surface area contributed by atoms with Crippen molar-refractivity contribution in [1.82, 2.24) is 4.90 Å². The van der Waals surface area contributed by atoms with Crippen molar-refractivity contribution in [3.8, 4) is 0 Å². The highest BCUT2D eigenvalue weighted by molar-refractivity contribution is 8.00. The summed E-state index contributed by atoms with van der Waals surface area (Å²) in [6, 6.07) is 22.1. The standard InChI is InChI=1S/C23H29NOS/c1-17-13-14-21(18-9-5-3-6-10-18)24-20(17)15-16-23(2,22(24)25)26-19-11-7-4-8-12-19/h3-12,17,20-22,25H,13-16H2,1-2H3/t17-,20+,21+,22+,23+/m1/s1. The van der Waals surface area contributed by atoms with Gasteiger partial charge in [0, 0.05) is 17.0 Å². The summed E-state index contributed by atoms with van der Waals surface area (Å²) in [6.45, 7) is 4.60. The van der Waals surface area contributed by atoms with E-state index in [-0.39, 0.29) is 4.75 Å². The molecule has 2 saturated heterocycles. The van der Waals surface area contributed by atoms with E-state index in [2.05, 4.69) is 79.4 Å². The first kappa shape index (κ1) is 18.1. The minimum Gasteiger partial charge on any atom is -0.377 e. The van der Waals surface area contributed by atoms with E-state index in [4.69, 9.17) is 0 Å². The van der Waals surface area contributed by atoms with Gasteiger partial charge in [0.15, 0.2) is 0 Å². The van der Waals surface area contributed by atoms with Crippen LogP contribution in [-0.4, -0.2) is 27.0 Å². The lowest BCUT2D eigenvalue weighted by Gasteiger charge is -2.56. The minimum atomic E-state index is -0.431. The van der Waals surface area contributed by atoms with Crippen molar-refractivity contribution in [1.29, 1.82) is 0 Å². The Morgan fingerprint density at radius 3 is 2.31 bits per heavy atom. The Bertz CT molecular complexity index is 722. The number of thioether (sulfide) groups is 1. The highest BCUT2D eigenvalue weighted by Crippen LogP contribution is 2.51. The van der Waals surface area contributed by atoms with Gasteiger partial charge in [-0.25, -0.2) is 0 Å². The van der Waals surface area contributed by atoms with Crippen molar-refractivity contribution in [3.05, 3.63) is 66.2 Å². The number of benzene rings is 2. The molecule has 26 heavy (non-hydrogen) atoms. The zero-order valence-electron chi connectivity index (χ0n) is 15.7. The number of fused-ring (bicyclic) bond motifs is 1. The van der Waals surface area contributed by atoms with E-state index in [0.29, 0.717) is 18.0 Å². The fourth-order valence-corrected chi connectivity index (χ4v) is 6.11. The average Bonchev–Trinajstić information content (AvgIpc) is 2.67. The number of hydrogen-bond donors (Lipinski definition) is 1. The summed E-state index contributed by atoms with van der Waals surface area (Å²) in [6.07, 6.45) is 4.17. The van der Waals surface area contributed by atoms with E-state index >= 15 is 0 Å². The largest absolute Gasteiger partial charge is 0.377 e. The highest BCUT2D eigenvalue weighted by atomic mass is 32.2. The van der Waals surface area contributed by atoms with Gasteiger partial charge in [0.1, 0.15) is 6.23 Å². The van der Waals surface area contributed by atoms with Crippen LogP contribution in [0.5, 0.6) is 0 Å². The van der Waals surface area contributed by atoms with Gasteiger partial charge in [0.2, 0.25) is 0 Å². The molecule has 2 heterocycles. The van der Waals surface area contributed by atoms with Crippen molar-refractivity contribution in [3.63, 3.8) is 0 Å². The lowest BCUT2D eigenvalue weighted by Crippen LogP contribution is -2.61. The average molecular weight is 368 g/mol. The second kappa shape index (κ2) is 7.38. The van der Waals surface area contributed by atoms with Crippen molar-refractivity contribution in [2.24, 2.45) is 5.92 Å². The molecular formula is C23H29NOS. The second-order valence-electron chi connectivity index (χ2n) is 8.14.